The first-order valence-corrected chi connectivity index (χ1v) is 6.01. The van der Waals surface area contributed by atoms with Crippen molar-refractivity contribution in [1.82, 2.24) is 0 Å². The van der Waals surface area contributed by atoms with Gasteiger partial charge in [0, 0.05) is 30.7 Å². The molecule has 2 rings (SSSR count). The van der Waals surface area contributed by atoms with Crippen molar-refractivity contribution in [3.8, 4) is 0 Å². The van der Waals surface area contributed by atoms with Gasteiger partial charge in [-0.15, -0.1) is 0 Å². The lowest BCUT2D eigenvalue weighted by molar-refractivity contribution is 0.0538. The molecule has 0 aliphatic rings. The van der Waals surface area contributed by atoms with Crippen molar-refractivity contribution in [3.63, 3.8) is 0 Å². The van der Waals surface area contributed by atoms with Gasteiger partial charge in [-0.2, -0.15) is 8.78 Å². The number of hydrogen-bond donors (Lipinski definition) is 0. The topological polar surface area (TPSA) is 20.3 Å². The predicted molar refractivity (Wildman–Crippen MR) is 73.4 cm³/mol. The van der Waals surface area contributed by atoms with Crippen molar-refractivity contribution < 1.29 is 13.6 Å². The van der Waals surface area contributed by atoms with Gasteiger partial charge < -0.3 is 4.90 Å². The maximum absolute atomic E-state index is 13.0. The highest BCUT2D eigenvalue weighted by Crippen LogP contribution is 2.32. The summed E-state index contributed by atoms with van der Waals surface area (Å²) in [6.07, 6.45) is 0. The van der Waals surface area contributed by atoms with E-state index in [1.54, 1.807) is 30.3 Å². The molecule has 0 spiro atoms. The van der Waals surface area contributed by atoms with Crippen molar-refractivity contribution in [2.75, 3.05) is 19.0 Å². The van der Waals surface area contributed by atoms with Gasteiger partial charge in [-0.1, -0.05) is 24.3 Å². The summed E-state index contributed by atoms with van der Waals surface area (Å²) in [4.78, 5) is 13.5. The van der Waals surface area contributed by atoms with E-state index in [1.807, 2.05) is 19.0 Å². The summed E-state index contributed by atoms with van der Waals surface area (Å²) >= 11 is 4.83. The van der Waals surface area contributed by atoms with Crippen LogP contribution in [0.15, 0.2) is 36.4 Å². The number of Topliss-reactive ketones (excluding diaryl/α,β-unsaturated/α-hetero) is 1. The summed E-state index contributed by atoms with van der Waals surface area (Å²) in [6.45, 7) is 0. The summed E-state index contributed by atoms with van der Waals surface area (Å²) in [6, 6.07) is 9.94. The normalized spacial score (nSPS) is 11.6. The minimum Gasteiger partial charge on any atom is -0.377 e. The molecule has 0 aliphatic carbocycles. The molecule has 100 valence electrons. The third-order valence-corrected chi connectivity index (χ3v) is 3.06. The fourth-order valence-corrected chi connectivity index (χ4v) is 2.13. The van der Waals surface area contributed by atoms with Gasteiger partial charge in [-0.05, 0) is 29.1 Å². The van der Waals surface area contributed by atoms with Gasteiger partial charge in [0.15, 0.2) is 0 Å². The third kappa shape index (κ3) is 2.54. The SMILES string of the molecule is CN(C)c1ccc(C(=O)C(F)(F)Cl)c2ccccc12. The molecule has 0 atom stereocenters. The molecule has 0 radical (unpaired) electrons. The van der Waals surface area contributed by atoms with Crippen LogP contribution < -0.4 is 4.90 Å². The molecule has 0 amide bonds. The largest absolute Gasteiger partial charge is 0.384 e. The fraction of sp³-hybridized carbons (Fsp3) is 0.214. The lowest BCUT2D eigenvalue weighted by atomic mass is 9.99. The van der Waals surface area contributed by atoms with Crippen molar-refractivity contribution in [3.05, 3.63) is 42.0 Å². The quantitative estimate of drug-likeness (QED) is 0.628. The van der Waals surface area contributed by atoms with Crippen LogP contribution in [0.25, 0.3) is 10.8 Å². The standard InChI is InChI=1S/C14H12ClF2NO/c1-18(2)12-8-7-11(13(19)14(15,16)17)9-5-3-4-6-10(9)12/h3-8H,1-2H3. The van der Waals surface area contributed by atoms with Crippen LogP contribution in [0, 0.1) is 0 Å². The molecule has 0 heterocycles. The number of nitrogens with zero attached hydrogens (tertiary/aromatic N) is 1. The van der Waals surface area contributed by atoms with Crippen molar-refractivity contribution in [2.45, 2.75) is 5.38 Å². The Morgan fingerprint density at radius 3 is 2.21 bits per heavy atom. The molecule has 2 aromatic carbocycles. The van der Waals surface area contributed by atoms with Crippen LogP contribution >= 0.6 is 11.6 Å². The Morgan fingerprint density at radius 2 is 1.68 bits per heavy atom. The first-order chi connectivity index (χ1) is 8.82. The fourth-order valence-electron chi connectivity index (χ4n) is 2.02. The maximum Gasteiger partial charge on any atom is 0.384 e. The molecule has 19 heavy (non-hydrogen) atoms. The van der Waals surface area contributed by atoms with Gasteiger partial charge in [0.1, 0.15) is 0 Å². The smallest absolute Gasteiger partial charge is 0.377 e. The number of alkyl halides is 3. The minimum absolute atomic E-state index is 0.0683. The van der Waals surface area contributed by atoms with Gasteiger partial charge in [-0.3, -0.25) is 4.79 Å². The average molecular weight is 284 g/mol. The van der Waals surface area contributed by atoms with Crippen molar-refractivity contribution in [2.24, 2.45) is 0 Å². The number of fused-ring (bicyclic) bond motifs is 1. The van der Waals surface area contributed by atoms with Crippen LogP contribution in [-0.4, -0.2) is 25.3 Å². The zero-order valence-electron chi connectivity index (χ0n) is 10.5. The third-order valence-electron chi connectivity index (χ3n) is 2.88. The minimum atomic E-state index is -3.89. The lowest BCUT2D eigenvalue weighted by Crippen LogP contribution is -2.22. The summed E-state index contributed by atoms with van der Waals surface area (Å²) < 4.78 is 26.0. The second-order valence-corrected chi connectivity index (χ2v) is 4.87. The molecule has 0 fully saturated rings. The molecule has 0 unspecified atom stereocenters. The molecule has 0 saturated carbocycles. The average Bonchev–Trinajstić information content (AvgIpc) is 2.35. The van der Waals surface area contributed by atoms with Gasteiger partial charge in [0.05, 0.1) is 0 Å². The summed E-state index contributed by atoms with van der Waals surface area (Å²) in [5.74, 6) is -1.38. The highest BCUT2D eigenvalue weighted by molar-refractivity contribution is 6.36. The Kier molecular flexibility index (Phi) is 3.45. The molecule has 0 bridgehead atoms. The van der Waals surface area contributed by atoms with Crippen LogP contribution in [0.2, 0.25) is 0 Å². The van der Waals surface area contributed by atoms with E-state index in [4.69, 9.17) is 11.6 Å². The molecule has 5 heteroatoms. The molecular formula is C14H12ClF2NO. The van der Waals surface area contributed by atoms with E-state index in [2.05, 4.69) is 0 Å². The Hall–Kier alpha value is -1.68. The summed E-state index contributed by atoms with van der Waals surface area (Å²) in [5, 5.41) is -2.68. The Morgan fingerprint density at radius 1 is 1.11 bits per heavy atom. The highest BCUT2D eigenvalue weighted by Gasteiger charge is 2.37. The van der Waals surface area contributed by atoms with E-state index < -0.39 is 11.2 Å². The van der Waals surface area contributed by atoms with Crippen LogP contribution in [0.5, 0.6) is 0 Å². The van der Waals surface area contributed by atoms with E-state index in [9.17, 15) is 13.6 Å². The maximum atomic E-state index is 13.0. The molecule has 0 saturated heterocycles. The number of anilines is 1. The van der Waals surface area contributed by atoms with E-state index in [0.29, 0.717) is 5.39 Å². The van der Waals surface area contributed by atoms with E-state index in [-0.39, 0.29) is 5.56 Å². The second-order valence-electron chi connectivity index (χ2n) is 4.40. The van der Waals surface area contributed by atoms with Gasteiger partial charge in [-0.25, -0.2) is 0 Å². The lowest BCUT2D eigenvalue weighted by Gasteiger charge is -2.17. The van der Waals surface area contributed by atoms with Gasteiger partial charge in [0.25, 0.3) is 0 Å². The number of carbonyl (C=O) groups excluding carboxylic acids is 1. The molecule has 0 aromatic heterocycles. The highest BCUT2D eigenvalue weighted by atomic mass is 35.5. The molecular weight excluding hydrogens is 272 g/mol. The number of ketones is 1. The van der Waals surface area contributed by atoms with Crippen LogP contribution in [0.4, 0.5) is 14.5 Å². The van der Waals surface area contributed by atoms with Crippen LogP contribution in [0.1, 0.15) is 10.4 Å². The number of carbonyl (C=O) groups is 1. The van der Waals surface area contributed by atoms with Crippen molar-refractivity contribution >= 4 is 33.8 Å². The number of hydrogen-bond acceptors (Lipinski definition) is 2. The van der Waals surface area contributed by atoms with Gasteiger partial charge >= 0.3 is 5.38 Å². The second kappa shape index (κ2) is 4.78. The first kappa shape index (κ1) is 13.7. The molecule has 0 aliphatic heterocycles. The zero-order valence-corrected chi connectivity index (χ0v) is 11.2. The Labute approximate surface area is 114 Å². The van der Waals surface area contributed by atoms with Gasteiger partial charge in [0.2, 0.25) is 5.78 Å². The van der Waals surface area contributed by atoms with Crippen LogP contribution in [0.3, 0.4) is 0 Å². The molecule has 2 nitrogen and oxygen atoms in total. The number of benzene rings is 2. The summed E-state index contributed by atoms with van der Waals surface area (Å²) in [5.41, 5.74) is 0.784. The van der Waals surface area contributed by atoms with E-state index in [1.165, 1.54) is 6.07 Å². The van der Waals surface area contributed by atoms with Crippen molar-refractivity contribution in [1.29, 1.82) is 0 Å². The number of rotatable bonds is 3. The Balaban J connectivity index is 2.73. The van der Waals surface area contributed by atoms with E-state index in [0.717, 1.165) is 11.1 Å². The molecule has 0 N–H and O–H groups in total. The number of halogens is 3. The molecule has 2 aromatic rings. The monoisotopic (exact) mass is 283 g/mol. The first-order valence-electron chi connectivity index (χ1n) is 5.63. The predicted octanol–water partition coefficient (Wildman–Crippen LogP) is 3.92. The Bertz CT molecular complexity index is 635. The van der Waals surface area contributed by atoms with E-state index >= 15 is 0 Å². The zero-order chi connectivity index (χ0) is 14.2. The summed E-state index contributed by atoms with van der Waals surface area (Å²) in [7, 11) is 3.69. The van der Waals surface area contributed by atoms with Crippen LogP contribution in [-0.2, 0) is 0 Å².